The number of pyridine rings is 1. The molecule has 0 saturated heterocycles. The lowest BCUT2D eigenvalue weighted by Crippen LogP contribution is -2.16. The lowest BCUT2D eigenvalue weighted by Gasteiger charge is -2.18. The minimum Gasteiger partial charge on any atom is -0.386 e. The molecule has 1 rings (SSSR count). The van der Waals surface area contributed by atoms with Crippen LogP contribution < -0.4 is 0 Å². The Morgan fingerprint density at radius 2 is 2.18 bits per heavy atom. The van der Waals surface area contributed by atoms with Crippen molar-refractivity contribution in [2.45, 2.75) is 19.4 Å². The second-order valence-electron chi connectivity index (χ2n) is 2.91. The number of hydrogen-bond acceptors (Lipinski definition) is 2. The van der Waals surface area contributed by atoms with E-state index in [2.05, 4.69) is 20.9 Å². The summed E-state index contributed by atoms with van der Waals surface area (Å²) < 4.78 is 0.840. The zero-order chi connectivity index (χ0) is 8.48. The fraction of sp³-hybridized carbons (Fsp3) is 0.375. The van der Waals surface area contributed by atoms with E-state index in [0.717, 1.165) is 10.0 Å². The van der Waals surface area contributed by atoms with Gasteiger partial charge in [-0.05, 0) is 35.8 Å². The number of nitrogens with zero attached hydrogens (tertiary/aromatic N) is 1. The Morgan fingerprint density at radius 3 is 2.55 bits per heavy atom. The first-order valence-electron chi connectivity index (χ1n) is 3.34. The molecule has 0 amide bonds. The molecule has 1 N–H and O–H groups in total. The number of rotatable bonds is 1. The van der Waals surface area contributed by atoms with Gasteiger partial charge in [-0.3, -0.25) is 4.98 Å². The van der Waals surface area contributed by atoms with Crippen molar-refractivity contribution < 1.29 is 5.11 Å². The van der Waals surface area contributed by atoms with Gasteiger partial charge in [0.15, 0.2) is 0 Å². The van der Waals surface area contributed by atoms with Gasteiger partial charge in [0.1, 0.15) is 0 Å². The van der Waals surface area contributed by atoms with Crippen molar-refractivity contribution in [3.05, 3.63) is 28.5 Å². The summed E-state index contributed by atoms with van der Waals surface area (Å²) in [5.74, 6) is 0. The lowest BCUT2D eigenvalue weighted by molar-refractivity contribution is 0.0777. The van der Waals surface area contributed by atoms with Gasteiger partial charge in [0.2, 0.25) is 0 Å². The number of aliphatic hydroxyl groups is 1. The highest BCUT2D eigenvalue weighted by molar-refractivity contribution is 9.10. The number of hydrogen-bond donors (Lipinski definition) is 1. The van der Waals surface area contributed by atoms with Crippen molar-refractivity contribution >= 4 is 15.9 Å². The van der Waals surface area contributed by atoms with Crippen molar-refractivity contribution in [3.8, 4) is 0 Å². The van der Waals surface area contributed by atoms with E-state index in [0.29, 0.717) is 0 Å². The molecule has 2 nitrogen and oxygen atoms in total. The largest absolute Gasteiger partial charge is 0.386 e. The van der Waals surface area contributed by atoms with Crippen LogP contribution in [0, 0.1) is 0 Å². The van der Waals surface area contributed by atoms with Gasteiger partial charge in [-0.1, -0.05) is 0 Å². The molecule has 11 heavy (non-hydrogen) atoms. The highest BCUT2D eigenvalue weighted by Gasteiger charge is 2.18. The third-order valence-electron chi connectivity index (χ3n) is 1.43. The maximum Gasteiger partial charge on any atom is 0.0852 e. The first-order chi connectivity index (χ1) is 5.02. The molecule has 0 aliphatic heterocycles. The van der Waals surface area contributed by atoms with Crippen LogP contribution in [0.15, 0.2) is 22.9 Å². The molecule has 0 fully saturated rings. The van der Waals surface area contributed by atoms with Crippen LogP contribution in [0.25, 0.3) is 0 Å². The Kier molecular flexibility index (Phi) is 2.30. The van der Waals surface area contributed by atoms with Crippen LogP contribution in [-0.4, -0.2) is 10.1 Å². The average Bonchev–Trinajstić information content (AvgIpc) is 1.86. The third kappa shape index (κ3) is 2.01. The molecule has 0 saturated carbocycles. The average molecular weight is 216 g/mol. The SMILES string of the molecule is CC(C)(O)c1ccncc1Br. The van der Waals surface area contributed by atoms with Crippen molar-refractivity contribution in [2.24, 2.45) is 0 Å². The molecular formula is C8H10BrNO. The Bertz CT molecular complexity index is 255. The predicted octanol–water partition coefficient (Wildman–Crippen LogP) is 2.07. The maximum absolute atomic E-state index is 9.61. The molecule has 1 heterocycles. The van der Waals surface area contributed by atoms with Crippen LogP contribution in [0.4, 0.5) is 0 Å². The predicted molar refractivity (Wildman–Crippen MR) is 47.2 cm³/mol. The highest BCUT2D eigenvalue weighted by atomic mass is 79.9. The van der Waals surface area contributed by atoms with Crippen molar-refractivity contribution in [1.29, 1.82) is 0 Å². The van der Waals surface area contributed by atoms with Crippen LogP contribution in [-0.2, 0) is 5.60 Å². The Morgan fingerprint density at radius 1 is 1.55 bits per heavy atom. The molecule has 0 aromatic carbocycles. The smallest absolute Gasteiger partial charge is 0.0852 e. The van der Waals surface area contributed by atoms with E-state index in [9.17, 15) is 5.11 Å². The minimum atomic E-state index is -0.804. The van der Waals surface area contributed by atoms with E-state index >= 15 is 0 Å². The summed E-state index contributed by atoms with van der Waals surface area (Å²) in [6, 6.07) is 1.80. The molecule has 0 bridgehead atoms. The summed E-state index contributed by atoms with van der Waals surface area (Å²) in [6.07, 6.45) is 3.34. The first-order valence-corrected chi connectivity index (χ1v) is 4.13. The van der Waals surface area contributed by atoms with Crippen LogP contribution in [0.3, 0.4) is 0 Å². The molecule has 0 aliphatic carbocycles. The summed E-state index contributed by atoms with van der Waals surface area (Å²) in [6.45, 7) is 3.49. The van der Waals surface area contributed by atoms with Crippen LogP contribution >= 0.6 is 15.9 Å². The van der Waals surface area contributed by atoms with Gasteiger partial charge < -0.3 is 5.11 Å². The normalized spacial score (nSPS) is 11.6. The second kappa shape index (κ2) is 2.91. The minimum absolute atomic E-state index is 0.804. The number of aromatic nitrogens is 1. The van der Waals surface area contributed by atoms with E-state index in [-0.39, 0.29) is 0 Å². The van der Waals surface area contributed by atoms with Gasteiger partial charge in [-0.15, -0.1) is 0 Å². The maximum atomic E-state index is 9.61. The van der Waals surface area contributed by atoms with E-state index in [1.807, 2.05) is 0 Å². The zero-order valence-electron chi connectivity index (χ0n) is 6.50. The van der Waals surface area contributed by atoms with Crippen LogP contribution in [0.1, 0.15) is 19.4 Å². The summed E-state index contributed by atoms with van der Waals surface area (Å²) in [7, 11) is 0. The molecule has 0 radical (unpaired) electrons. The molecular weight excluding hydrogens is 206 g/mol. The molecule has 60 valence electrons. The zero-order valence-corrected chi connectivity index (χ0v) is 8.09. The highest BCUT2D eigenvalue weighted by Crippen LogP contribution is 2.26. The van der Waals surface area contributed by atoms with Gasteiger partial charge in [0, 0.05) is 22.4 Å². The van der Waals surface area contributed by atoms with Crippen molar-refractivity contribution in [1.82, 2.24) is 4.98 Å². The summed E-state index contributed by atoms with van der Waals surface area (Å²) in [5.41, 5.74) is 0.0504. The number of halogens is 1. The van der Waals surface area contributed by atoms with E-state index in [4.69, 9.17) is 0 Å². The van der Waals surface area contributed by atoms with E-state index < -0.39 is 5.60 Å². The third-order valence-corrected chi connectivity index (χ3v) is 2.06. The van der Waals surface area contributed by atoms with Gasteiger partial charge >= 0.3 is 0 Å². The van der Waals surface area contributed by atoms with Gasteiger partial charge in [0.25, 0.3) is 0 Å². The lowest BCUT2D eigenvalue weighted by atomic mass is 10.0. The van der Waals surface area contributed by atoms with E-state index in [1.165, 1.54) is 0 Å². The standard InChI is InChI=1S/C8H10BrNO/c1-8(2,11)6-3-4-10-5-7(6)9/h3-5,11H,1-2H3. The van der Waals surface area contributed by atoms with Gasteiger partial charge in [-0.2, -0.15) is 0 Å². The molecule has 3 heteroatoms. The molecule has 1 aromatic rings. The van der Waals surface area contributed by atoms with E-state index in [1.54, 1.807) is 32.3 Å². The quantitative estimate of drug-likeness (QED) is 0.779. The van der Waals surface area contributed by atoms with Crippen LogP contribution in [0.2, 0.25) is 0 Å². The molecule has 0 aliphatic rings. The molecule has 0 spiro atoms. The van der Waals surface area contributed by atoms with Crippen molar-refractivity contribution in [2.75, 3.05) is 0 Å². The first kappa shape index (κ1) is 8.68. The van der Waals surface area contributed by atoms with Gasteiger partial charge in [0.05, 0.1) is 5.60 Å². The summed E-state index contributed by atoms with van der Waals surface area (Å²) in [4.78, 5) is 3.90. The van der Waals surface area contributed by atoms with Gasteiger partial charge in [-0.25, -0.2) is 0 Å². The summed E-state index contributed by atoms with van der Waals surface area (Å²) in [5, 5.41) is 9.61. The molecule has 0 unspecified atom stereocenters. The molecule has 1 aromatic heterocycles. The Hall–Kier alpha value is -0.410. The molecule has 0 atom stereocenters. The van der Waals surface area contributed by atoms with Crippen molar-refractivity contribution in [3.63, 3.8) is 0 Å². The fourth-order valence-corrected chi connectivity index (χ4v) is 1.61. The second-order valence-corrected chi connectivity index (χ2v) is 3.77. The monoisotopic (exact) mass is 215 g/mol. The summed E-state index contributed by atoms with van der Waals surface area (Å²) >= 11 is 3.31. The Labute approximate surface area is 74.4 Å². The van der Waals surface area contributed by atoms with Crippen LogP contribution in [0.5, 0.6) is 0 Å². The fourth-order valence-electron chi connectivity index (χ4n) is 0.871. The topological polar surface area (TPSA) is 33.1 Å². The Balaban J connectivity index is 3.14.